The highest BCUT2D eigenvalue weighted by atomic mass is 35.5. The number of amides is 1. The molecule has 1 aliphatic carbocycles. The Morgan fingerprint density at radius 3 is 2.58 bits per heavy atom. The Hall–Kier alpha value is -0.970. The van der Waals surface area contributed by atoms with Crippen LogP contribution in [0.5, 0.6) is 5.75 Å². The molecule has 0 aliphatic heterocycles. The molecular formula is C18H28Cl2N2O2. The van der Waals surface area contributed by atoms with Crippen molar-refractivity contribution in [3.05, 3.63) is 28.8 Å². The predicted octanol–water partition coefficient (Wildman–Crippen LogP) is 4.14. The third-order valence-electron chi connectivity index (χ3n) is 4.33. The lowest BCUT2D eigenvalue weighted by Crippen LogP contribution is -2.40. The van der Waals surface area contributed by atoms with E-state index in [0.29, 0.717) is 29.4 Å². The van der Waals surface area contributed by atoms with Crippen LogP contribution in [-0.2, 0) is 0 Å². The van der Waals surface area contributed by atoms with Crippen molar-refractivity contribution < 1.29 is 9.53 Å². The maximum absolute atomic E-state index is 12.8. The van der Waals surface area contributed by atoms with Gasteiger partial charge in [0.15, 0.2) is 0 Å². The van der Waals surface area contributed by atoms with Crippen LogP contribution >= 0.6 is 24.0 Å². The van der Waals surface area contributed by atoms with E-state index in [0.717, 1.165) is 12.8 Å². The van der Waals surface area contributed by atoms with E-state index in [1.54, 1.807) is 30.1 Å². The van der Waals surface area contributed by atoms with E-state index in [1.165, 1.54) is 12.8 Å². The summed E-state index contributed by atoms with van der Waals surface area (Å²) < 4.78 is 6.06. The zero-order chi connectivity index (χ0) is 17.0. The van der Waals surface area contributed by atoms with Crippen molar-refractivity contribution in [1.29, 1.82) is 0 Å². The van der Waals surface area contributed by atoms with E-state index in [9.17, 15) is 4.79 Å². The highest BCUT2D eigenvalue weighted by Gasteiger charge is 2.25. The fourth-order valence-corrected chi connectivity index (χ4v) is 3.11. The van der Waals surface area contributed by atoms with Crippen molar-refractivity contribution in [1.82, 2.24) is 4.90 Å². The van der Waals surface area contributed by atoms with Crippen LogP contribution in [0.3, 0.4) is 0 Å². The van der Waals surface area contributed by atoms with Gasteiger partial charge in [0.2, 0.25) is 0 Å². The van der Waals surface area contributed by atoms with Crippen LogP contribution in [-0.4, -0.2) is 37.0 Å². The van der Waals surface area contributed by atoms with Gasteiger partial charge >= 0.3 is 0 Å². The molecule has 136 valence electrons. The molecular weight excluding hydrogens is 347 g/mol. The molecule has 2 rings (SSSR count). The van der Waals surface area contributed by atoms with E-state index < -0.39 is 0 Å². The summed E-state index contributed by atoms with van der Waals surface area (Å²) >= 11 is 6.10. The number of benzene rings is 1. The molecule has 0 unspecified atom stereocenters. The SMILES string of the molecule is CN(CC(C)(C)CN)C(=O)c1cc(Cl)ccc1OC1CCCC1.Cl. The van der Waals surface area contributed by atoms with Gasteiger partial charge in [0.25, 0.3) is 5.91 Å². The molecule has 0 atom stereocenters. The highest BCUT2D eigenvalue weighted by molar-refractivity contribution is 6.31. The molecule has 1 aromatic rings. The molecule has 0 heterocycles. The molecule has 1 aliphatic rings. The second-order valence-electron chi connectivity index (χ2n) is 7.19. The summed E-state index contributed by atoms with van der Waals surface area (Å²) in [6.45, 7) is 5.19. The first-order valence-corrected chi connectivity index (χ1v) is 8.62. The molecule has 0 aromatic heterocycles. The first-order chi connectivity index (χ1) is 10.8. The van der Waals surface area contributed by atoms with Gasteiger partial charge < -0.3 is 15.4 Å². The van der Waals surface area contributed by atoms with Gasteiger partial charge in [0, 0.05) is 18.6 Å². The number of hydrogen-bond acceptors (Lipinski definition) is 3. The summed E-state index contributed by atoms with van der Waals surface area (Å²) in [6, 6.07) is 5.27. The van der Waals surface area contributed by atoms with Crippen LogP contribution in [0, 0.1) is 5.41 Å². The second kappa shape index (κ2) is 8.93. The standard InChI is InChI=1S/C18H27ClN2O2.ClH/c1-18(2,11-20)12-21(3)17(22)15-10-13(19)8-9-16(15)23-14-6-4-5-7-14;/h8-10,14H,4-7,11-12,20H2,1-3H3;1H. The molecule has 1 amide bonds. The molecule has 6 heteroatoms. The van der Waals surface area contributed by atoms with Crippen LogP contribution < -0.4 is 10.5 Å². The summed E-state index contributed by atoms with van der Waals surface area (Å²) in [5, 5.41) is 0.540. The van der Waals surface area contributed by atoms with Crippen LogP contribution in [0.25, 0.3) is 0 Å². The van der Waals surface area contributed by atoms with Gasteiger partial charge in [-0.25, -0.2) is 0 Å². The summed E-state index contributed by atoms with van der Waals surface area (Å²) in [5.74, 6) is 0.547. The highest BCUT2D eigenvalue weighted by Crippen LogP contribution is 2.30. The Labute approximate surface area is 156 Å². The molecule has 1 fully saturated rings. The molecule has 4 nitrogen and oxygen atoms in total. The first-order valence-electron chi connectivity index (χ1n) is 8.24. The normalized spacial score (nSPS) is 15.0. The maximum Gasteiger partial charge on any atom is 0.257 e. The van der Waals surface area contributed by atoms with Gasteiger partial charge in [-0.2, -0.15) is 0 Å². The lowest BCUT2D eigenvalue weighted by molar-refractivity contribution is 0.0733. The molecule has 2 N–H and O–H groups in total. The van der Waals surface area contributed by atoms with Crippen molar-refractivity contribution in [2.45, 2.75) is 45.6 Å². The molecule has 0 saturated heterocycles. The summed E-state index contributed by atoms with van der Waals surface area (Å²) in [5.41, 5.74) is 6.17. The fraction of sp³-hybridized carbons (Fsp3) is 0.611. The molecule has 0 bridgehead atoms. The minimum absolute atomic E-state index is 0. The average Bonchev–Trinajstić information content (AvgIpc) is 3.01. The van der Waals surface area contributed by atoms with Crippen LogP contribution in [0.15, 0.2) is 18.2 Å². The van der Waals surface area contributed by atoms with Crippen molar-refractivity contribution in [3.63, 3.8) is 0 Å². The third-order valence-corrected chi connectivity index (χ3v) is 4.57. The van der Waals surface area contributed by atoms with Gasteiger partial charge in [0.1, 0.15) is 5.75 Å². The minimum atomic E-state index is -0.130. The number of ether oxygens (including phenoxy) is 1. The summed E-state index contributed by atoms with van der Waals surface area (Å²) in [4.78, 5) is 14.5. The quantitative estimate of drug-likeness (QED) is 0.813. The monoisotopic (exact) mass is 374 g/mol. The van der Waals surface area contributed by atoms with E-state index in [2.05, 4.69) is 0 Å². The Bertz CT molecular complexity index is 558. The Morgan fingerprint density at radius 1 is 1.38 bits per heavy atom. The van der Waals surface area contributed by atoms with Crippen molar-refractivity contribution in [2.24, 2.45) is 11.1 Å². The Balaban J connectivity index is 0.00000288. The first kappa shape index (κ1) is 21.1. The second-order valence-corrected chi connectivity index (χ2v) is 7.63. The largest absolute Gasteiger partial charge is 0.490 e. The number of nitrogens with zero attached hydrogens (tertiary/aromatic N) is 1. The van der Waals surface area contributed by atoms with Gasteiger partial charge in [-0.15, -0.1) is 12.4 Å². The van der Waals surface area contributed by atoms with E-state index in [1.807, 2.05) is 13.8 Å². The number of nitrogens with two attached hydrogens (primary N) is 1. The van der Waals surface area contributed by atoms with Gasteiger partial charge in [-0.1, -0.05) is 25.4 Å². The van der Waals surface area contributed by atoms with Crippen molar-refractivity contribution in [3.8, 4) is 5.75 Å². The zero-order valence-electron chi connectivity index (χ0n) is 14.7. The number of hydrogen-bond donors (Lipinski definition) is 1. The molecule has 24 heavy (non-hydrogen) atoms. The van der Waals surface area contributed by atoms with Crippen LogP contribution in [0.4, 0.5) is 0 Å². The van der Waals surface area contributed by atoms with Crippen molar-refractivity contribution >= 4 is 29.9 Å². The number of carbonyl (C=O) groups excluding carboxylic acids is 1. The zero-order valence-corrected chi connectivity index (χ0v) is 16.3. The van der Waals surface area contributed by atoms with E-state index in [-0.39, 0.29) is 29.8 Å². The van der Waals surface area contributed by atoms with Gasteiger partial charge in [-0.3, -0.25) is 4.79 Å². The van der Waals surface area contributed by atoms with Crippen LogP contribution in [0.1, 0.15) is 49.9 Å². The lowest BCUT2D eigenvalue weighted by Gasteiger charge is -2.29. The minimum Gasteiger partial charge on any atom is -0.490 e. The molecule has 0 spiro atoms. The number of rotatable bonds is 6. The molecule has 0 radical (unpaired) electrons. The Morgan fingerprint density at radius 2 is 2.00 bits per heavy atom. The molecule has 1 aromatic carbocycles. The average molecular weight is 375 g/mol. The van der Waals surface area contributed by atoms with E-state index in [4.69, 9.17) is 22.1 Å². The Kier molecular flexibility index (Phi) is 7.84. The van der Waals surface area contributed by atoms with Gasteiger partial charge in [-0.05, 0) is 55.8 Å². The summed E-state index contributed by atoms with van der Waals surface area (Å²) in [7, 11) is 1.79. The molecule has 1 saturated carbocycles. The maximum atomic E-state index is 12.8. The summed E-state index contributed by atoms with van der Waals surface area (Å²) in [6.07, 6.45) is 4.67. The fourth-order valence-electron chi connectivity index (χ4n) is 2.94. The topological polar surface area (TPSA) is 55.6 Å². The van der Waals surface area contributed by atoms with Crippen LogP contribution in [0.2, 0.25) is 5.02 Å². The van der Waals surface area contributed by atoms with Crippen molar-refractivity contribution in [2.75, 3.05) is 20.1 Å². The van der Waals surface area contributed by atoms with Gasteiger partial charge in [0.05, 0.1) is 11.7 Å². The number of carbonyl (C=O) groups is 1. The lowest BCUT2D eigenvalue weighted by atomic mass is 9.93. The van der Waals surface area contributed by atoms with E-state index >= 15 is 0 Å². The smallest absolute Gasteiger partial charge is 0.257 e. The number of halogens is 2. The third kappa shape index (κ3) is 5.54. The predicted molar refractivity (Wildman–Crippen MR) is 101 cm³/mol.